The number of benzene rings is 1. The lowest BCUT2D eigenvalue weighted by atomic mass is 10.2. The monoisotopic (exact) mass is 394 g/mol. The fraction of sp³-hybridized carbons (Fsp3) is 0.278. The molecule has 2 rings (SSSR count). The van der Waals surface area contributed by atoms with E-state index >= 15 is 0 Å². The number of nitrogens with one attached hydrogen (secondary N) is 2. The van der Waals surface area contributed by atoms with Gasteiger partial charge in [-0.3, -0.25) is 4.79 Å². The summed E-state index contributed by atoms with van der Waals surface area (Å²) in [5.41, 5.74) is 1.63. The Morgan fingerprint density at radius 3 is 2.54 bits per heavy atom. The predicted molar refractivity (Wildman–Crippen MR) is 105 cm³/mol. The highest BCUT2D eigenvalue weighted by Gasteiger charge is 2.17. The van der Waals surface area contributed by atoms with Gasteiger partial charge in [0.05, 0.1) is 11.5 Å². The van der Waals surface area contributed by atoms with E-state index < -0.39 is 10.0 Å². The third-order valence-electron chi connectivity index (χ3n) is 3.49. The van der Waals surface area contributed by atoms with Crippen LogP contribution in [-0.2, 0) is 19.6 Å². The lowest BCUT2D eigenvalue weighted by Gasteiger charge is -2.13. The molecule has 0 aliphatic heterocycles. The summed E-state index contributed by atoms with van der Waals surface area (Å²) >= 11 is 1.56. The minimum atomic E-state index is -3.63. The van der Waals surface area contributed by atoms with Gasteiger partial charge in [0.1, 0.15) is 0 Å². The zero-order valence-corrected chi connectivity index (χ0v) is 16.5. The van der Waals surface area contributed by atoms with Crippen molar-refractivity contribution < 1.29 is 17.9 Å². The number of hydrogen-bond acceptors (Lipinski definition) is 5. The summed E-state index contributed by atoms with van der Waals surface area (Å²) in [5.74, 6) is -0.278. The highest BCUT2D eigenvalue weighted by molar-refractivity contribution is 7.89. The molecule has 6 nitrogen and oxygen atoms in total. The average Bonchev–Trinajstić information content (AvgIpc) is 2.98. The van der Waals surface area contributed by atoms with Crippen molar-refractivity contribution in [1.29, 1.82) is 0 Å². The maximum atomic E-state index is 12.3. The molecule has 2 N–H and O–H groups in total. The number of sulfonamides is 1. The van der Waals surface area contributed by atoms with E-state index in [0.29, 0.717) is 5.69 Å². The number of rotatable bonds is 8. The van der Waals surface area contributed by atoms with Gasteiger partial charge in [-0.1, -0.05) is 0 Å². The molecule has 2 aromatic rings. The topological polar surface area (TPSA) is 84.5 Å². The van der Waals surface area contributed by atoms with Gasteiger partial charge in [0, 0.05) is 29.8 Å². The van der Waals surface area contributed by atoms with Crippen molar-refractivity contribution in [3.63, 3.8) is 0 Å². The molecule has 0 radical (unpaired) electrons. The van der Waals surface area contributed by atoms with Crippen LogP contribution in [0.1, 0.15) is 17.4 Å². The molecule has 0 saturated heterocycles. The molecule has 0 aliphatic carbocycles. The number of hydrogen-bond donors (Lipinski definition) is 2. The van der Waals surface area contributed by atoms with Gasteiger partial charge >= 0.3 is 0 Å². The van der Waals surface area contributed by atoms with Gasteiger partial charge in [-0.05, 0) is 61.2 Å². The van der Waals surface area contributed by atoms with Crippen LogP contribution in [-0.4, -0.2) is 34.1 Å². The number of thiophene rings is 1. The third kappa shape index (κ3) is 5.77. The Labute approximate surface area is 157 Å². The standard InChI is InChI=1S/C18H22N2O4S2/c1-13-10-11-25-17(13)8-9-18(21)19-15-4-6-16(7-5-15)26(22,23)20-14(2)12-24-3/h4-11,14,20H,12H2,1-3H3,(H,19,21). The Hall–Kier alpha value is -2.00. The maximum Gasteiger partial charge on any atom is 0.248 e. The molecule has 1 aromatic carbocycles. The molecule has 0 spiro atoms. The highest BCUT2D eigenvalue weighted by Crippen LogP contribution is 2.18. The molecular formula is C18H22N2O4S2. The first-order valence-corrected chi connectivity index (χ1v) is 10.3. The number of ether oxygens (including phenoxy) is 1. The summed E-state index contributed by atoms with van der Waals surface area (Å²) in [7, 11) is -2.12. The Balaban J connectivity index is 1.99. The first kappa shape index (κ1) is 20.3. The van der Waals surface area contributed by atoms with Crippen LogP contribution < -0.4 is 10.0 Å². The zero-order valence-electron chi connectivity index (χ0n) is 14.9. The van der Waals surface area contributed by atoms with E-state index in [4.69, 9.17) is 4.74 Å². The van der Waals surface area contributed by atoms with Crippen LogP contribution in [0.4, 0.5) is 5.69 Å². The van der Waals surface area contributed by atoms with Gasteiger partial charge in [-0.15, -0.1) is 11.3 Å². The van der Waals surface area contributed by atoms with Crippen LogP contribution in [0.15, 0.2) is 46.7 Å². The summed E-state index contributed by atoms with van der Waals surface area (Å²) in [5, 5.41) is 4.67. The number of anilines is 1. The largest absolute Gasteiger partial charge is 0.383 e. The molecule has 140 valence electrons. The molecule has 8 heteroatoms. The van der Waals surface area contributed by atoms with Crippen LogP contribution in [0.5, 0.6) is 0 Å². The second kappa shape index (κ2) is 9.09. The van der Waals surface area contributed by atoms with E-state index in [-0.39, 0.29) is 23.5 Å². The minimum absolute atomic E-state index is 0.128. The molecule has 0 bridgehead atoms. The van der Waals surface area contributed by atoms with Crippen molar-refractivity contribution in [2.45, 2.75) is 24.8 Å². The smallest absolute Gasteiger partial charge is 0.248 e. The van der Waals surface area contributed by atoms with Crippen LogP contribution in [0.3, 0.4) is 0 Å². The molecule has 0 aliphatic rings. The molecule has 0 saturated carbocycles. The molecule has 1 atom stereocenters. The lowest BCUT2D eigenvalue weighted by molar-refractivity contribution is -0.111. The summed E-state index contributed by atoms with van der Waals surface area (Å²) < 4.78 is 32.0. The second-order valence-electron chi connectivity index (χ2n) is 5.79. The van der Waals surface area contributed by atoms with Gasteiger partial charge in [-0.25, -0.2) is 13.1 Å². The highest BCUT2D eigenvalue weighted by atomic mass is 32.2. The van der Waals surface area contributed by atoms with E-state index in [0.717, 1.165) is 10.4 Å². The third-order valence-corrected chi connectivity index (χ3v) is 6.08. The Morgan fingerprint density at radius 2 is 1.96 bits per heavy atom. The van der Waals surface area contributed by atoms with Gasteiger partial charge in [-0.2, -0.15) is 0 Å². The minimum Gasteiger partial charge on any atom is -0.383 e. The van der Waals surface area contributed by atoms with Gasteiger partial charge in [0.25, 0.3) is 0 Å². The molecule has 1 heterocycles. The SMILES string of the molecule is COCC(C)NS(=O)(=O)c1ccc(NC(=O)C=Cc2sccc2C)cc1. The lowest BCUT2D eigenvalue weighted by Crippen LogP contribution is -2.35. The van der Waals surface area contributed by atoms with E-state index in [1.54, 1.807) is 36.5 Å². The number of carbonyl (C=O) groups is 1. The fourth-order valence-corrected chi connectivity index (χ4v) is 4.27. The molecule has 1 aromatic heterocycles. The van der Waals surface area contributed by atoms with E-state index in [9.17, 15) is 13.2 Å². The second-order valence-corrected chi connectivity index (χ2v) is 8.45. The fourth-order valence-electron chi connectivity index (χ4n) is 2.22. The normalized spacial score (nSPS) is 13.0. The number of methoxy groups -OCH3 is 1. The molecule has 1 amide bonds. The first-order valence-electron chi connectivity index (χ1n) is 7.96. The zero-order chi connectivity index (χ0) is 19.2. The molecule has 1 unspecified atom stereocenters. The Morgan fingerprint density at radius 1 is 1.27 bits per heavy atom. The number of aryl methyl sites for hydroxylation is 1. The van der Waals surface area contributed by atoms with Crippen LogP contribution in [0.2, 0.25) is 0 Å². The van der Waals surface area contributed by atoms with Gasteiger partial charge in [0.2, 0.25) is 15.9 Å². The summed E-state index contributed by atoms with van der Waals surface area (Å²) in [6.07, 6.45) is 3.22. The van der Waals surface area contributed by atoms with Gasteiger partial charge < -0.3 is 10.1 Å². The van der Waals surface area contributed by atoms with Crippen molar-refractivity contribution in [2.24, 2.45) is 0 Å². The summed E-state index contributed by atoms with van der Waals surface area (Å²) in [4.78, 5) is 13.1. The van der Waals surface area contributed by atoms with E-state index in [1.165, 1.54) is 25.3 Å². The number of amides is 1. The first-order chi connectivity index (χ1) is 12.3. The average molecular weight is 395 g/mol. The maximum absolute atomic E-state index is 12.3. The van der Waals surface area contributed by atoms with Crippen molar-refractivity contribution >= 4 is 39.0 Å². The molecule has 0 fully saturated rings. The Kier molecular flexibility index (Phi) is 7.10. The molecular weight excluding hydrogens is 372 g/mol. The Bertz CT molecular complexity index is 871. The van der Waals surface area contributed by atoms with E-state index in [1.807, 2.05) is 18.4 Å². The van der Waals surface area contributed by atoms with Crippen molar-refractivity contribution in [3.05, 3.63) is 52.2 Å². The summed E-state index contributed by atoms with van der Waals surface area (Å²) in [6.45, 7) is 3.98. The number of carbonyl (C=O) groups excluding carboxylic acids is 1. The predicted octanol–water partition coefficient (Wildman–Crippen LogP) is 3.02. The van der Waals surface area contributed by atoms with Crippen molar-refractivity contribution in [1.82, 2.24) is 4.72 Å². The molecule has 26 heavy (non-hydrogen) atoms. The van der Waals surface area contributed by atoms with Crippen LogP contribution in [0, 0.1) is 6.92 Å². The summed E-state index contributed by atoms with van der Waals surface area (Å²) in [6, 6.07) is 7.66. The van der Waals surface area contributed by atoms with E-state index in [2.05, 4.69) is 10.0 Å². The van der Waals surface area contributed by atoms with Crippen LogP contribution >= 0.6 is 11.3 Å². The van der Waals surface area contributed by atoms with Gasteiger partial charge in [0.15, 0.2) is 0 Å². The quantitative estimate of drug-likeness (QED) is 0.674. The van der Waals surface area contributed by atoms with Crippen LogP contribution in [0.25, 0.3) is 6.08 Å². The van der Waals surface area contributed by atoms with Crippen molar-refractivity contribution in [2.75, 3.05) is 19.0 Å². The van der Waals surface area contributed by atoms with Crippen molar-refractivity contribution in [3.8, 4) is 0 Å².